The minimum Gasteiger partial charge on any atom is -0.474 e. The molecule has 1 aliphatic rings. The number of aromatic nitrogens is 3. The highest BCUT2D eigenvalue weighted by atomic mass is 32.2. The van der Waals surface area contributed by atoms with E-state index in [0.29, 0.717) is 33.0 Å². The number of hydrogen-bond donors (Lipinski definition) is 0. The molecule has 3 heterocycles. The van der Waals surface area contributed by atoms with Gasteiger partial charge < -0.3 is 14.4 Å². The molecule has 5 rings (SSSR count). The van der Waals surface area contributed by atoms with Gasteiger partial charge >= 0.3 is 6.09 Å². The van der Waals surface area contributed by atoms with E-state index in [-0.39, 0.29) is 58.6 Å². The fourth-order valence-corrected chi connectivity index (χ4v) is 13.7. The Morgan fingerprint density at radius 1 is 0.947 bits per heavy atom. The van der Waals surface area contributed by atoms with Crippen molar-refractivity contribution in [3.05, 3.63) is 47.0 Å². The van der Waals surface area contributed by atoms with Crippen molar-refractivity contribution in [3.8, 4) is 28.6 Å². The standard InChI is InChI=1S/C43H55F4N5O3SSi/c1-23(2)54-40-34-37(49-41(56-13)50-39(34)51-17-18-52(32(22-51)38(46)47)42(53)55-43(10,11)12)35(45)36(48-40)30-21-27(9)20-28-14-15-31(44)29(33(28)30)16-19-57(24(3)4,25(5)6)26(7)8/h14-15,20-21,23-26,32,38H,17-18,22H2,1-13H3. The molecule has 1 fully saturated rings. The molecule has 0 bridgehead atoms. The normalized spacial score (nSPS) is 15.4. The number of rotatable bonds is 9. The van der Waals surface area contributed by atoms with Gasteiger partial charge in [0.25, 0.3) is 6.43 Å². The van der Waals surface area contributed by atoms with Crippen molar-refractivity contribution in [1.82, 2.24) is 19.9 Å². The van der Waals surface area contributed by atoms with E-state index in [0.717, 1.165) is 22.2 Å². The lowest BCUT2D eigenvalue weighted by atomic mass is 9.94. The fourth-order valence-electron chi connectivity index (χ4n) is 8.18. The summed E-state index contributed by atoms with van der Waals surface area (Å²) in [7, 11) is -2.31. The first-order chi connectivity index (χ1) is 26.6. The molecule has 308 valence electrons. The van der Waals surface area contributed by atoms with Crippen molar-refractivity contribution < 1.29 is 31.8 Å². The number of benzene rings is 2. The summed E-state index contributed by atoms with van der Waals surface area (Å²) >= 11 is 1.16. The van der Waals surface area contributed by atoms with Crippen molar-refractivity contribution >= 4 is 53.4 Å². The Bertz CT molecular complexity index is 2200. The second-order valence-electron chi connectivity index (χ2n) is 17.0. The smallest absolute Gasteiger partial charge is 0.410 e. The molecular weight excluding hydrogens is 771 g/mol. The quantitative estimate of drug-likeness (QED) is 0.0543. The van der Waals surface area contributed by atoms with Crippen LogP contribution in [0.3, 0.4) is 0 Å². The predicted molar refractivity (Wildman–Crippen MR) is 225 cm³/mol. The van der Waals surface area contributed by atoms with E-state index < -0.39 is 50.0 Å². The van der Waals surface area contributed by atoms with Crippen LogP contribution in [-0.2, 0) is 4.74 Å². The van der Waals surface area contributed by atoms with E-state index in [9.17, 15) is 13.6 Å². The number of carbonyl (C=O) groups is 1. The average Bonchev–Trinajstić information content (AvgIpc) is 3.11. The van der Waals surface area contributed by atoms with E-state index >= 15 is 8.78 Å². The molecule has 4 aromatic rings. The van der Waals surface area contributed by atoms with Gasteiger partial charge in [0, 0.05) is 30.6 Å². The second kappa shape index (κ2) is 17.0. The third kappa shape index (κ3) is 8.84. The molecule has 57 heavy (non-hydrogen) atoms. The summed E-state index contributed by atoms with van der Waals surface area (Å²) in [5.41, 5.74) is 4.71. The van der Waals surface area contributed by atoms with Crippen molar-refractivity contribution in [1.29, 1.82) is 0 Å². The summed E-state index contributed by atoms with van der Waals surface area (Å²) in [4.78, 5) is 29.8. The van der Waals surface area contributed by atoms with Crippen LogP contribution in [0.5, 0.6) is 5.88 Å². The maximum absolute atomic E-state index is 17.5. The van der Waals surface area contributed by atoms with Crippen LogP contribution < -0.4 is 9.64 Å². The van der Waals surface area contributed by atoms with Gasteiger partial charge in [-0.2, -0.15) is 0 Å². The Hall–Kier alpha value is -4.09. The number of carbonyl (C=O) groups excluding carboxylic acids is 1. The molecule has 1 aliphatic heterocycles. The summed E-state index contributed by atoms with van der Waals surface area (Å²) in [6.07, 6.45) is -2.47. The molecule has 1 unspecified atom stereocenters. The summed E-state index contributed by atoms with van der Waals surface area (Å²) in [5, 5.41) is 1.39. The molecule has 1 amide bonds. The van der Waals surface area contributed by atoms with E-state index in [4.69, 9.17) is 19.4 Å². The zero-order valence-corrected chi connectivity index (χ0v) is 37.1. The van der Waals surface area contributed by atoms with Gasteiger partial charge in [-0.3, -0.25) is 4.90 Å². The van der Waals surface area contributed by atoms with Crippen LogP contribution in [-0.4, -0.2) is 84.1 Å². The van der Waals surface area contributed by atoms with E-state index in [1.54, 1.807) is 57.9 Å². The van der Waals surface area contributed by atoms with Gasteiger partial charge in [0.1, 0.15) is 47.9 Å². The van der Waals surface area contributed by atoms with Crippen LogP contribution in [0.25, 0.3) is 32.9 Å². The molecule has 2 aromatic heterocycles. The van der Waals surface area contributed by atoms with E-state index in [2.05, 4.69) is 58.0 Å². The number of anilines is 1. The van der Waals surface area contributed by atoms with Crippen molar-refractivity contribution in [2.24, 2.45) is 0 Å². The minimum absolute atomic E-state index is 0.00763. The van der Waals surface area contributed by atoms with Gasteiger partial charge in [-0.25, -0.2) is 37.3 Å². The number of nitrogens with zero attached hydrogens (tertiary/aromatic N) is 5. The monoisotopic (exact) mass is 825 g/mol. The molecular formula is C43H55F4N5O3SSi. The number of thioether (sulfide) groups is 1. The molecule has 8 nitrogen and oxygen atoms in total. The molecule has 0 saturated carbocycles. The molecule has 1 saturated heterocycles. The lowest BCUT2D eigenvalue weighted by Gasteiger charge is -2.42. The van der Waals surface area contributed by atoms with Gasteiger partial charge in [0.05, 0.1) is 11.7 Å². The Kier molecular flexibility index (Phi) is 13.1. The zero-order valence-electron chi connectivity index (χ0n) is 35.3. The zero-order chi connectivity index (χ0) is 42.3. The van der Waals surface area contributed by atoms with Crippen molar-refractivity contribution in [3.63, 3.8) is 0 Å². The fraction of sp³-hybridized carbons (Fsp3) is 0.535. The summed E-state index contributed by atoms with van der Waals surface area (Å²) < 4.78 is 74.8. The SMILES string of the molecule is CSc1nc(N2CCN(C(=O)OC(C)(C)C)C(C(F)F)C2)c2c(OC(C)C)nc(-c3cc(C)cc4ccc(F)c(C#C[Si](C(C)C)(C(C)C)C(C)C)c34)c(F)c2n1. The van der Waals surface area contributed by atoms with Gasteiger partial charge in [0.15, 0.2) is 11.0 Å². The lowest BCUT2D eigenvalue weighted by Crippen LogP contribution is -2.59. The highest BCUT2D eigenvalue weighted by molar-refractivity contribution is 7.98. The largest absolute Gasteiger partial charge is 0.474 e. The first-order valence-electron chi connectivity index (χ1n) is 19.5. The van der Waals surface area contributed by atoms with E-state index in [1.807, 2.05) is 13.0 Å². The number of ether oxygens (including phenoxy) is 2. The second-order valence-corrected chi connectivity index (χ2v) is 23.4. The first kappa shape index (κ1) is 44.0. The van der Waals surface area contributed by atoms with Gasteiger partial charge in [-0.1, -0.05) is 71.4 Å². The van der Waals surface area contributed by atoms with E-state index in [1.165, 1.54) is 6.07 Å². The number of fused-ring (bicyclic) bond motifs is 2. The number of pyridine rings is 1. The Morgan fingerprint density at radius 2 is 1.60 bits per heavy atom. The number of halogens is 4. The third-order valence-electron chi connectivity index (χ3n) is 10.6. The Morgan fingerprint density at radius 3 is 2.16 bits per heavy atom. The topological polar surface area (TPSA) is 80.7 Å². The number of alkyl halides is 2. The molecule has 2 aromatic carbocycles. The van der Waals surface area contributed by atoms with Crippen LogP contribution >= 0.6 is 11.8 Å². The van der Waals surface area contributed by atoms with Crippen LogP contribution in [0, 0.1) is 30.0 Å². The average molecular weight is 826 g/mol. The van der Waals surface area contributed by atoms with Crippen LogP contribution in [0.2, 0.25) is 16.6 Å². The highest BCUT2D eigenvalue weighted by Crippen LogP contribution is 2.44. The lowest BCUT2D eigenvalue weighted by molar-refractivity contribution is -0.0179. The predicted octanol–water partition coefficient (Wildman–Crippen LogP) is 11.2. The Labute approximate surface area is 339 Å². The van der Waals surface area contributed by atoms with Crippen molar-refractivity contribution in [2.75, 3.05) is 30.8 Å². The van der Waals surface area contributed by atoms with Crippen molar-refractivity contribution in [2.45, 2.75) is 129 Å². The molecule has 14 heteroatoms. The maximum atomic E-state index is 17.5. The third-order valence-corrected chi connectivity index (χ3v) is 17.5. The molecule has 1 atom stereocenters. The molecule has 0 aliphatic carbocycles. The number of aryl methyl sites for hydroxylation is 1. The van der Waals surface area contributed by atoms with Crippen LogP contribution in [0.15, 0.2) is 29.4 Å². The highest BCUT2D eigenvalue weighted by Gasteiger charge is 2.42. The van der Waals surface area contributed by atoms with Crippen LogP contribution in [0.1, 0.15) is 87.3 Å². The van der Waals surface area contributed by atoms with Gasteiger partial charge in [0.2, 0.25) is 5.88 Å². The minimum atomic E-state index is -2.91. The number of hydrogen-bond acceptors (Lipinski definition) is 8. The molecule has 0 spiro atoms. The maximum Gasteiger partial charge on any atom is 0.410 e. The Balaban J connectivity index is 1.79. The first-order valence-corrected chi connectivity index (χ1v) is 23.0. The molecule has 0 radical (unpaired) electrons. The summed E-state index contributed by atoms with van der Waals surface area (Å²) in [6.45, 7) is 23.3. The van der Waals surface area contributed by atoms with Crippen LogP contribution in [0.4, 0.5) is 28.2 Å². The summed E-state index contributed by atoms with van der Waals surface area (Å²) in [5.74, 6) is 2.12. The number of piperazine rings is 1. The number of amides is 1. The van der Waals surface area contributed by atoms with Gasteiger partial charge in [-0.05, 0) is 87.5 Å². The summed E-state index contributed by atoms with van der Waals surface area (Å²) in [6, 6.07) is 5.20. The van der Waals surface area contributed by atoms with Gasteiger partial charge in [-0.15, -0.1) is 5.54 Å². The molecule has 0 N–H and O–H groups in total.